The molecule has 0 spiro atoms. The molecule has 1 N–H and O–H groups in total. The second-order valence-electron chi connectivity index (χ2n) is 5.04. The van der Waals surface area contributed by atoms with E-state index in [-0.39, 0.29) is 5.69 Å². The Morgan fingerprint density at radius 1 is 1.42 bits per heavy atom. The molecule has 1 aromatic heterocycles. The minimum atomic E-state index is -1.19. The number of carbonyl (C=O) groups is 1. The third-order valence-electron chi connectivity index (χ3n) is 3.57. The van der Waals surface area contributed by atoms with Crippen LogP contribution in [0.4, 0.5) is 4.39 Å². The standard InChI is InChI=1S/C13H17FN2O3/c14-12-10(6-9-4-2-1-3-5-9)15-8-16(13(12)19)7-11(17)18/h8-9H,1-7H2,(H,17,18). The third kappa shape index (κ3) is 3.39. The highest BCUT2D eigenvalue weighted by Gasteiger charge is 2.19. The fraction of sp³-hybridized carbons (Fsp3) is 0.615. The second kappa shape index (κ2) is 5.95. The molecule has 1 aliphatic rings. The van der Waals surface area contributed by atoms with E-state index in [4.69, 9.17) is 5.11 Å². The lowest BCUT2D eigenvalue weighted by Crippen LogP contribution is -2.29. The predicted octanol–water partition coefficient (Wildman–Crippen LogP) is 1.59. The molecule has 104 valence electrons. The van der Waals surface area contributed by atoms with Gasteiger partial charge < -0.3 is 5.11 Å². The minimum absolute atomic E-state index is 0.165. The Balaban J connectivity index is 2.15. The summed E-state index contributed by atoms with van der Waals surface area (Å²) in [6.07, 6.45) is 7.17. The van der Waals surface area contributed by atoms with Crippen LogP contribution in [0.25, 0.3) is 0 Å². The maximum Gasteiger partial charge on any atom is 0.323 e. The molecule has 1 fully saturated rings. The molecule has 1 saturated carbocycles. The van der Waals surface area contributed by atoms with Crippen LogP contribution in [-0.2, 0) is 17.8 Å². The predicted molar refractivity (Wildman–Crippen MR) is 66.4 cm³/mol. The Kier molecular flexibility index (Phi) is 4.29. The van der Waals surface area contributed by atoms with E-state index < -0.39 is 23.9 Å². The van der Waals surface area contributed by atoms with Crippen LogP contribution in [0.2, 0.25) is 0 Å². The lowest BCUT2D eigenvalue weighted by atomic mass is 9.86. The van der Waals surface area contributed by atoms with E-state index in [9.17, 15) is 14.0 Å². The Hall–Kier alpha value is -1.72. The molecule has 1 heterocycles. The lowest BCUT2D eigenvalue weighted by Gasteiger charge is -2.21. The van der Waals surface area contributed by atoms with E-state index in [1.807, 2.05) is 0 Å². The van der Waals surface area contributed by atoms with Gasteiger partial charge in [0.05, 0.1) is 12.0 Å². The molecule has 0 aliphatic heterocycles. The Bertz CT molecular complexity index is 521. The fourth-order valence-corrected chi connectivity index (χ4v) is 2.56. The van der Waals surface area contributed by atoms with Crippen molar-refractivity contribution in [3.8, 4) is 0 Å². The van der Waals surface area contributed by atoms with Gasteiger partial charge in [-0.25, -0.2) is 4.98 Å². The van der Waals surface area contributed by atoms with Crippen LogP contribution < -0.4 is 5.56 Å². The number of halogens is 1. The molecular weight excluding hydrogens is 251 g/mol. The van der Waals surface area contributed by atoms with E-state index >= 15 is 0 Å². The third-order valence-corrected chi connectivity index (χ3v) is 3.57. The topological polar surface area (TPSA) is 72.2 Å². The van der Waals surface area contributed by atoms with Crippen LogP contribution in [0.1, 0.15) is 37.8 Å². The van der Waals surface area contributed by atoms with Crippen molar-refractivity contribution in [3.63, 3.8) is 0 Å². The van der Waals surface area contributed by atoms with E-state index in [0.717, 1.165) is 36.6 Å². The number of hydrogen-bond acceptors (Lipinski definition) is 3. The van der Waals surface area contributed by atoms with Gasteiger partial charge in [0.25, 0.3) is 5.56 Å². The quantitative estimate of drug-likeness (QED) is 0.900. The first-order valence-corrected chi connectivity index (χ1v) is 6.53. The first-order valence-electron chi connectivity index (χ1n) is 6.53. The van der Waals surface area contributed by atoms with Crippen molar-refractivity contribution >= 4 is 5.97 Å². The van der Waals surface area contributed by atoms with Gasteiger partial charge in [-0.2, -0.15) is 4.39 Å². The molecule has 1 aliphatic carbocycles. The number of rotatable bonds is 4. The van der Waals surface area contributed by atoms with Crippen molar-refractivity contribution in [1.29, 1.82) is 0 Å². The highest BCUT2D eigenvalue weighted by atomic mass is 19.1. The molecule has 0 unspecified atom stereocenters. The summed E-state index contributed by atoms with van der Waals surface area (Å²) in [7, 11) is 0. The molecule has 0 amide bonds. The number of carboxylic acid groups (broad SMARTS) is 1. The van der Waals surface area contributed by atoms with Crippen LogP contribution in [0.5, 0.6) is 0 Å². The smallest absolute Gasteiger partial charge is 0.323 e. The molecule has 2 rings (SSSR count). The zero-order valence-corrected chi connectivity index (χ0v) is 10.6. The van der Waals surface area contributed by atoms with Gasteiger partial charge in [-0.3, -0.25) is 14.2 Å². The van der Waals surface area contributed by atoms with Crippen molar-refractivity contribution in [1.82, 2.24) is 9.55 Å². The largest absolute Gasteiger partial charge is 0.480 e. The van der Waals surface area contributed by atoms with Gasteiger partial charge in [0.15, 0.2) is 0 Å². The highest BCUT2D eigenvalue weighted by Crippen LogP contribution is 2.26. The van der Waals surface area contributed by atoms with E-state index in [2.05, 4.69) is 4.98 Å². The van der Waals surface area contributed by atoms with Crippen molar-refractivity contribution in [2.75, 3.05) is 0 Å². The number of aliphatic carboxylic acids is 1. The maximum atomic E-state index is 13.9. The van der Waals surface area contributed by atoms with Crippen LogP contribution in [0, 0.1) is 11.7 Å². The zero-order chi connectivity index (χ0) is 13.8. The van der Waals surface area contributed by atoms with Crippen molar-refractivity contribution in [3.05, 3.63) is 28.2 Å². The van der Waals surface area contributed by atoms with Gasteiger partial charge in [-0.05, 0) is 12.3 Å². The molecule has 0 saturated heterocycles. The SMILES string of the molecule is O=C(O)Cn1cnc(CC2CCCCC2)c(F)c1=O. The summed E-state index contributed by atoms with van der Waals surface area (Å²) in [5.74, 6) is -1.72. The van der Waals surface area contributed by atoms with Gasteiger partial charge in [0.1, 0.15) is 6.54 Å². The Morgan fingerprint density at radius 3 is 2.74 bits per heavy atom. The number of hydrogen-bond donors (Lipinski definition) is 1. The van der Waals surface area contributed by atoms with Gasteiger partial charge in [0, 0.05) is 0 Å². The van der Waals surface area contributed by atoms with Crippen molar-refractivity contribution in [2.45, 2.75) is 45.1 Å². The fourth-order valence-electron chi connectivity index (χ4n) is 2.56. The number of aromatic nitrogens is 2. The summed E-state index contributed by atoms with van der Waals surface area (Å²) in [6, 6.07) is 0. The van der Waals surface area contributed by atoms with Gasteiger partial charge >= 0.3 is 5.97 Å². The van der Waals surface area contributed by atoms with Crippen molar-refractivity contribution < 1.29 is 14.3 Å². The second-order valence-corrected chi connectivity index (χ2v) is 5.04. The molecule has 19 heavy (non-hydrogen) atoms. The zero-order valence-electron chi connectivity index (χ0n) is 10.6. The summed E-state index contributed by atoms with van der Waals surface area (Å²) in [6.45, 7) is -0.563. The highest BCUT2D eigenvalue weighted by molar-refractivity contribution is 5.66. The molecule has 6 heteroatoms. The van der Waals surface area contributed by atoms with E-state index in [0.29, 0.717) is 12.3 Å². The number of carboxylic acids is 1. The Morgan fingerprint density at radius 2 is 2.11 bits per heavy atom. The van der Waals surface area contributed by atoms with E-state index in [1.165, 1.54) is 6.42 Å². The van der Waals surface area contributed by atoms with Crippen LogP contribution in [0.15, 0.2) is 11.1 Å². The van der Waals surface area contributed by atoms with Gasteiger partial charge in [0.2, 0.25) is 5.82 Å². The lowest BCUT2D eigenvalue weighted by molar-refractivity contribution is -0.137. The summed E-state index contributed by atoms with van der Waals surface area (Å²) < 4.78 is 14.7. The summed E-state index contributed by atoms with van der Waals surface area (Å²) in [5, 5.41) is 8.60. The van der Waals surface area contributed by atoms with Crippen LogP contribution >= 0.6 is 0 Å². The molecule has 0 aromatic carbocycles. The van der Waals surface area contributed by atoms with Crippen LogP contribution in [-0.4, -0.2) is 20.6 Å². The molecule has 0 atom stereocenters. The van der Waals surface area contributed by atoms with Gasteiger partial charge in [-0.1, -0.05) is 32.1 Å². The first kappa shape index (κ1) is 13.7. The normalized spacial score (nSPS) is 16.5. The molecule has 0 bridgehead atoms. The molecule has 1 aromatic rings. The molecule has 0 radical (unpaired) electrons. The summed E-state index contributed by atoms with van der Waals surface area (Å²) in [4.78, 5) is 26.1. The maximum absolute atomic E-state index is 13.9. The van der Waals surface area contributed by atoms with Crippen molar-refractivity contribution in [2.24, 2.45) is 5.92 Å². The summed E-state index contributed by atoms with van der Waals surface area (Å²) in [5.41, 5.74) is -0.734. The first-order chi connectivity index (χ1) is 9.08. The van der Waals surface area contributed by atoms with Crippen LogP contribution in [0.3, 0.4) is 0 Å². The van der Waals surface area contributed by atoms with Gasteiger partial charge in [-0.15, -0.1) is 0 Å². The average molecular weight is 268 g/mol. The Labute approximate surface area is 110 Å². The molecular formula is C13H17FN2O3. The van der Waals surface area contributed by atoms with E-state index in [1.54, 1.807) is 0 Å². The summed E-state index contributed by atoms with van der Waals surface area (Å²) >= 11 is 0. The monoisotopic (exact) mass is 268 g/mol. The minimum Gasteiger partial charge on any atom is -0.480 e. The average Bonchev–Trinajstić information content (AvgIpc) is 2.39. The molecule has 5 nitrogen and oxygen atoms in total. The number of nitrogens with zero attached hydrogens (tertiary/aromatic N) is 2.